The van der Waals surface area contributed by atoms with Gasteiger partial charge in [-0.1, -0.05) is 6.07 Å². The van der Waals surface area contributed by atoms with E-state index in [0.717, 1.165) is 17.5 Å². The molecule has 0 atom stereocenters. The summed E-state index contributed by atoms with van der Waals surface area (Å²) < 4.78 is 27.8. The van der Waals surface area contributed by atoms with Crippen LogP contribution >= 0.6 is 11.3 Å². The number of hydrogen-bond donors (Lipinski definition) is 1. The lowest BCUT2D eigenvalue weighted by Crippen LogP contribution is -2.50. The Kier molecular flexibility index (Phi) is 4.62. The van der Waals surface area contributed by atoms with Gasteiger partial charge in [-0.15, -0.1) is 11.3 Å². The molecule has 1 saturated heterocycles. The summed E-state index contributed by atoms with van der Waals surface area (Å²) in [5.41, 5.74) is -0.178. The number of hydrogen-bond acceptors (Lipinski definition) is 6. The van der Waals surface area contributed by atoms with E-state index in [1.165, 1.54) is 20.9 Å². The highest BCUT2D eigenvalue weighted by atomic mass is 32.2. The van der Waals surface area contributed by atoms with Gasteiger partial charge in [-0.3, -0.25) is 9.48 Å². The van der Waals surface area contributed by atoms with Gasteiger partial charge in [0.15, 0.2) is 0 Å². The zero-order chi connectivity index (χ0) is 18.2. The molecule has 2 aromatic rings. The minimum absolute atomic E-state index is 0.0120. The van der Waals surface area contributed by atoms with E-state index < -0.39 is 21.9 Å². The first-order valence-electron chi connectivity index (χ1n) is 7.40. The largest absolute Gasteiger partial charge is 0.478 e. The average Bonchev–Trinajstić information content (AvgIpc) is 3.24. The molecule has 1 aliphatic rings. The summed E-state index contributed by atoms with van der Waals surface area (Å²) in [7, 11) is -2.05. The summed E-state index contributed by atoms with van der Waals surface area (Å²) >= 11 is 1.15. The molecule has 0 saturated carbocycles. The maximum atomic E-state index is 12.6. The van der Waals surface area contributed by atoms with Crippen LogP contribution < -0.4 is 0 Å². The van der Waals surface area contributed by atoms with Gasteiger partial charge in [-0.2, -0.15) is 9.40 Å². The lowest BCUT2D eigenvalue weighted by Gasteiger charge is -2.33. The van der Waals surface area contributed by atoms with Crippen LogP contribution in [-0.4, -0.2) is 70.6 Å². The van der Waals surface area contributed by atoms with E-state index in [1.807, 2.05) is 0 Å². The second-order valence-corrected chi connectivity index (χ2v) is 8.58. The number of carboxylic acids is 1. The molecule has 1 fully saturated rings. The number of amides is 1. The molecule has 1 aliphatic heterocycles. The van der Waals surface area contributed by atoms with Crippen molar-refractivity contribution in [3.05, 3.63) is 35.0 Å². The van der Waals surface area contributed by atoms with Crippen molar-refractivity contribution < 1.29 is 23.1 Å². The van der Waals surface area contributed by atoms with Crippen LogP contribution in [0.5, 0.6) is 0 Å². The van der Waals surface area contributed by atoms with Gasteiger partial charge in [0.25, 0.3) is 15.9 Å². The molecule has 134 valence electrons. The Morgan fingerprint density at radius 3 is 2.48 bits per heavy atom. The van der Waals surface area contributed by atoms with Crippen molar-refractivity contribution in [2.24, 2.45) is 7.05 Å². The number of carbonyl (C=O) groups is 2. The van der Waals surface area contributed by atoms with Crippen LogP contribution in [0, 0.1) is 0 Å². The molecule has 1 amide bonds. The van der Waals surface area contributed by atoms with E-state index >= 15 is 0 Å². The number of carboxylic acid groups (broad SMARTS) is 1. The predicted molar refractivity (Wildman–Crippen MR) is 89.1 cm³/mol. The summed E-state index contributed by atoms with van der Waals surface area (Å²) in [6.07, 6.45) is 1.13. The number of nitrogens with zero attached hydrogens (tertiary/aromatic N) is 4. The van der Waals surface area contributed by atoms with Crippen LogP contribution in [-0.2, 0) is 17.1 Å². The van der Waals surface area contributed by atoms with Crippen molar-refractivity contribution >= 4 is 33.2 Å². The van der Waals surface area contributed by atoms with Crippen molar-refractivity contribution in [2.75, 3.05) is 26.2 Å². The van der Waals surface area contributed by atoms with Crippen LogP contribution in [0.4, 0.5) is 0 Å². The standard InChI is InChI=1S/C14H16N4O5S2/c1-16-12(10(9-15-16)14(20)21)13(19)17-4-6-18(7-5-17)25(22,23)11-3-2-8-24-11/h2-3,8-9H,4-7H2,1H3,(H,20,21). The Bertz CT molecular complexity index is 896. The minimum atomic E-state index is -3.55. The molecule has 0 aromatic carbocycles. The Hall–Kier alpha value is -2.24. The Labute approximate surface area is 148 Å². The molecule has 0 bridgehead atoms. The Balaban J connectivity index is 1.74. The molecule has 0 radical (unpaired) electrons. The third kappa shape index (κ3) is 3.17. The van der Waals surface area contributed by atoms with Gasteiger partial charge in [-0.25, -0.2) is 13.2 Å². The van der Waals surface area contributed by atoms with Gasteiger partial charge in [0.2, 0.25) is 0 Å². The van der Waals surface area contributed by atoms with Crippen LogP contribution in [0.1, 0.15) is 20.8 Å². The molecule has 11 heteroatoms. The molecule has 9 nitrogen and oxygen atoms in total. The smallest absolute Gasteiger partial charge is 0.339 e. The number of aryl methyl sites for hydroxylation is 1. The number of rotatable bonds is 4. The van der Waals surface area contributed by atoms with Crippen molar-refractivity contribution in [1.29, 1.82) is 0 Å². The number of aromatic carboxylic acids is 1. The maximum absolute atomic E-state index is 12.6. The van der Waals surface area contributed by atoms with Gasteiger partial charge in [0, 0.05) is 33.2 Å². The number of thiophene rings is 1. The summed E-state index contributed by atoms with van der Waals surface area (Å²) in [5, 5.41) is 14.7. The molecule has 0 aliphatic carbocycles. The third-order valence-corrected chi connectivity index (χ3v) is 7.26. The summed E-state index contributed by atoms with van der Waals surface area (Å²) in [4.78, 5) is 25.3. The van der Waals surface area contributed by atoms with E-state index in [1.54, 1.807) is 17.5 Å². The van der Waals surface area contributed by atoms with Crippen molar-refractivity contribution in [3.63, 3.8) is 0 Å². The summed E-state index contributed by atoms with van der Waals surface area (Å²) in [5.74, 6) is -1.69. The summed E-state index contributed by atoms with van der Waals surface area (Å²) in [6.45, 7) is 0.694. The Morgan fingerprint density at radius 1 is 1.24 bits per heavy atom. The third-order valence-electron chi connectivity index (χ3n) is 3.99. The first-order chi connectivity index (χ1) is 11.8. The lowest BCUT2D eigenvalue weighted by atomic mass is 10.2. The SMILES string of the molecule is Cn1ncc(C(=O)O)c1C(=O)N1CCN(S(=O)(=O)c2cccs2)CC1. The molecular formula is C14H16N4O5S2. The van der Waals surface area contributed by atoms with E-state index in [9.17, 15) is 23.1 Å². The van der Waals surface area contributed by atoms with Crippen LogP contribution in [0.25, 0.3) is 0 Å². The topological polar surface area (TPSA) is 113 Å². The van der Waals surface area contributed by atoms with Crippen molar-refractivity contribution in [3.8, 4) is 0 Å². The van der Waals surface area contributed by atoms with E-state index in [4.69, 9.17) is 0 Å². The maximum Gasteiger partial charge on any atom is 0.339 e. The summed E-state index contributed by atoms with van der Waals surface area (Å²) in [6, 6.07) is 3.22. The molecule has 1 N–H and O–H groups in total. The van der Waals surface area contributed by atoms with Gasteiger partial charge < -0.3 is 10.0 Å². The second kappa shape index (κ2) is 6.58. The van der Waals surface area contributed by atoms with E-state index in [0.29, 0.717) is 0 Å². The zero-order valence-electron chi connectivity index (χ0n) is 13.3. The van der Waals surface area contributed by atoms with Crippen LogP contribution in [0.3, 0.4) is 0 Å². The molecule has 0 unspecified atom stereocenters. The quantitative estimate of drug-likeness (QED) is 0.813. The average molecular weight is 384 g/mol. The highest BCUT2D eigenvalue weighted by Gasteiger charge is 2.33. The minimum Gasteiger partial charge on any atom is -0.478 e. The van der Waals surface area contributed by atoms with Gasteiger partial charge in [0.1, 0.15) is 15.5 Å². The number of carbonyl (C=O) groups excluding carboxylic acids is 1. The molecular weight excluding hydrogens is 368 g/mol. The van der Waals surface area contributed by atoms with Gasteiger partial charge in [0.05, 0.1) is 6.20 Å². The van der Waals surface area contributed by atoms with Gasteiger partial charge in [-0.05, 0) is 11.4 Å². The zero-order valence-corrected chi connectivity index (χ0v) is 15.0. The van der Waals surface area contributed by atoms with E-state index in [-0.39, 0.29) is 41.6 Å². The van der Waals surface area contributed by atoms with E-state index in [2.05, 4.69) is 5.10 Å². The highest BCUT2D eigenvalue weighted by molar-refractivity contribution is 7.91. The Morgan fingerprint density at radius 2 is 1.92 bits per heavy atom. The first-order valence-corrected chi connectivity index (χ1v) is 9.72. The van der Waals surface area contributed by atoms with Crippen LogP contribution in [0.2, 0.25) is 0 Å². The molecule has 2 aromatic heterocycles. The normalized spacial score (nSPS) is 16.1. The first kappa shape index (κ1) is 17.6. The lowest BCUT2D eigenvalue weighted by molar-refractivity contribution is 0.0649. The molecule has 25 heavy (non-hydrogen) atoms. The molecule has 3 rings (SSSR count). The fraction of sp³-hybridized carbons (Fsp3) is 0.357. The second-order valence-electron chi connectivity index (χ2n) is 5.46. The monoisotopic (exact) mass is 384 g/mol. The highest BCUT2D eigenvalue weighted by Crippen LogP contribution is 2.22. The number of piperazine rings is 1. The fourth-order valence-electron chi connectivity index (χ4n) is 2.67. The number of sulfonamides is 1. The van der Waals surface area contributed by atoms with Crippen molar-refractivity contribution in [1.82, 2.24) is 19.0 Å². The predicted octanol–water partition coefficient (Wildman–Crippen LogP) is 0.327. The van der Waals surface area contributed by atoms with Crippen molar-refractivity contribution in [2.45, 2.75) is 4.21 Å². The number of aromatic nitrogens is 2. The molecule has 0 spiro atoms. The fourth-order valence-corrected chi connectivity index (χ4v) is 5.23. The van der Waals surface area contributed by atoms with Gasteiger partial charge >= 0.3 is 5.97 Å². The van der Waals surface area contributed by atoms with Crippen LogP contribution in [0.15, 0.2) is 27.9 Å². The molecule has 3 heterocycles.